The van der Waals surface area contributed by atoms with Crippen LogP contribution in [0.5, 0.6) is 5.75 Å². The summed E-state index contributed by atoms with van der Waals surface area (Å²) in [7, 11) is 1.74. The van der Waals surface area contributed by atoms with E-state index in [1.54, 1.807) is 19.2 Å². The largest absolute Gasteiger partial charge is 0.508 e. The van der Waals surface area contributed by atoms with Gasteiger partial charge in [0.05, 0.1) is 0 Å². The molecule has 4 aromatic rings. The topological polar surface area (TPSA) is 49.1 Å². The van der Waals surface area contributed by atoms with Gasteiger partial charge in [-0.2, -0.15) is 4.57 Å². The van der Waals surface area contributed by atoms with Gasteiger partial charge in [0.2, 0.25) is 5.69 Å². The number of aromatic nitrogens is 2. The van der Waals surface area contributed by atoms with Gasteiger partial charge in [0, 0.05) is 47.7 Å². The molecule has 0 aliphatic carbocycles. The molecule has 0 atom stereocenters. The van der Waals surface area contributed by atoms with Crippen molar-refractivity contribution in [3.05, 3.63) is 66.5 Å². The number of nitrogens with zero attached hydrogens (tertiary/aromatic N) is 1. The first kappa shape index (κ1) is 15.7. The standard InChI is InChI=1S/C21H20N2O2/c1-25-12-4-6-15-5-2-3-7-21(15)23-11-10-17-18-13-16(24)8-9-19(18)22-20(17)14-23/h2-3,5,7-11,13-14,24H,4,6,12H2,1H3/p+1. The molecule has 0 saturated carbocycles. The number of pyridine rings is 1. The molecule has 0 radical (unpaired) electrons. The molecule has 0 aliphatic rings. The van der Waals surface area contributed by atoms with Gasteiger partial charge in [-0.15, -0.1) is 0 Å². The lowest BCUT2D eigenvalue weighted by atomic mass is 10.1. The lowest BCUT2D eigenvalue weighted by Gasteiger charge is -2.04. The van der Waals surface area contributed by atoms with Crippen molar-refractivity contribution < 1.29 is 14.4 Å². The van der Waals surface area contributed by atoms with Crippen molar-refractivity contribution in [2.75, 3.05) is 13.7 Å². The molecule has 0 fully saturated rings. The number of para-hydroxylation sites is 1. The van der Waals surface area contributed by atoms with Crippen molar-refractivity contribution in [2.24, 2.45) is 0 Å². The maximum Gasteiger partial charge on any atom is 0.213 e. The van der Waals surface area contributed by atoms with Gasteiger partial charge in [0.15, 0.2) is 12.4 Å². The van der Waals surface area contributed by atoms with Gasteiger partial charge >= 0.3 is 0 Å². The summed E-state index contributed by atoms with van der Waals surface area (Å²) in [4.78, 5) is 3.44. The Morgan fingerprint density at radius 2 is 1.92 bits per heavy atom. The Morgan fingerprint density at radius 1 is 1.04 bits per heavy atom. The minimum absolute atomic E-state index is 0.286. The van der Waals surface area contributed by atoms with Crippen LogP contribution in [-0.2, 0) is 11.2 Å². The van der Waals surface area contributed by atoms with Crippen LogP contribution in [0.4, 0.5) is 0 Å². The molecule has 0 bridgehead atoms. The van der Waals surface area contributed by atoms with Gasteiger partial charge in [-0.05, 0) is 31.0 Å². The van der Waals surface area contributed by atoms with E-state index in [0.717, 1.165) is 41.3 Å². The Kier molecular flexibility index (Phi) is 4.12. The van der Waals surface area contributed by atoms with E-state index in [0.29, 0.717) is 0 Å². The Bertz CT molecular complexity index is 1040. The number of aromatic amines is 1. The highest BCUT2D eigenvalue weighted by Gasteiger charge is 2.14. The third kappa shape index (κ3) is 2.96. The number of aromatic hydroxyl groups is 1. The van der Waals surface area contributed by atoms with Crippen LogP contribution in [-0.4, -0.2) is 23.8 Å². The fourth-order valence-electron chi connectivity index (χ4n) is 3.37. The van der Waals surface area contributed by atoms with E-state index in [9.17, 15) is 5.11 Å². The van der Waals surface area contributed by atoms with Crippen molar-refractivity contribution in [3.63, 3.8) is 0 Å². The van der Waals surface area contributed by atoms with Gasteiger partial charge in [0.1, 0.15) is 11.3 Å². The van der Waals surface area contributed by atoms with Gasteiger partial charge in [-0.3, -0.25) is 0 Å². The molecule has 2 aromatic heterocycles. The summed E-state index contributed by atoms with van der Waals surface area (Å²) in [6.07, 6.45) is 6.17. The molecule has 4 rings (SSSR count). The summed E-state index contributed by atoms with van der Waals surface area (Å²) in [5, 5.41) is 11.9. The monoisotopic (exact) mass is 333 g/mol. The molecular weight excluding hydrogens is 312 g/mol. The lowest BCUT2D eigenvalue weighted by Crippen LogP contribution is -2.31. The number of rotatable bonds is 5. The third-order valence-corrected chi connectivity index (χ3v) is 4.59. The summed E-state index contributed by atoms with van der Waals surface area (Å²) < 4.78 is 7.33. The average molecular weight is 333 g/mol. The Labute approximate surface area is 146 Å². The smallest absolute Gasteiger partial charge is 0.213 e. The zero-order valence-corrected chi connectivity index (χ0v) is 14.2. The number of nitrogens with one attached hydrogen (secondary N) is 1. The predicted octanol–water partition coefficient (Wildman–Crippen LogP) is 3.88. The molecule has 2 N–H and O–H groups in total. The first-order chi connectivity index (χ1) is 12.3. The molecule has 0 amide bonds. The zero-order valence-electron chi connectivity index (χ0n) is 14.2. The number of ether oxygens (including phenoxy) is 1. The van der Waals surface area contributed by atoms with Crippen LogP contribution in [0.15, 0.2) is 60.9 Å². The SMILES string of the molecule is COCCCc1ccccc1-[n+]1ccc2c(c1)[nH]c1ccc(O)cc12. The van der Waals surface area contributed by atoms with Crippen LogP contribution < -0.4 is 4.57 Å². The summed E-state index contributed by atoms with van der Waals surface area (Å²) >= 11 is 0. The number of hydrogen-bond acceptors (Lipinski definition) is 2. The molecule has 4 heteroatoms. The van der Waals surface area contributed by atoms with Crippen molar-refractivity contribution in [3.8, 4) is 11.4 Å². The van der Waals surface area contributed by atoms with Crippen LogP contribution in [0.1, 0.15) is 12.0 Å². The quantitative estimate of drug-likeness (QED) is 0.430. The van der Waals surface area contributed by atoms with Crippen LogP contribution in [0, 0.1) is 0 Å². The second-order valence-corrected chi connectivity index (χ2v) is 6.26. The average Bonchev–Trinajstić information content (AvgIpc) is 2.99. The molecule has 0 unspecified atom stereocenters. The molecule has 0 aliphatic heterocycles. The van der Waals surface area contributed by atoms with E-state index in [1.807, 2.05) is 6.07 Å². The van der Waals surface area contributed by atoms with Crippen LogP contribution in [0.3, 0.4) is 0 Å². The van der Waals surface area contributed by atoms with Gasteiger partial charge in [0.25, 0.3) is 0 Å². The second-order valence-electron chi connectivity index (χ2n) is 6.26. The number of fused-ring (bicyclic) bond motifs is 3. The summed E-state index contributed by atoms with van der Waals surface area (Å²) in [5.41, 5.74) is 4.56. The fourth-order valence-corrected chi connectivity index (χ4v) is 3.37. The van der Waals surface area contributed by atoms with E-state index in [1.165, 1.54) is 11.3 Å². The number of phenolic OH excluding ortho intramolecular Hbond substituents is 1. The predicted molar refractivity (Wildman–Crippen MR) is 99.2 cm³/mol. The van der Waals surface area contributed by atoms with E-state index in [2.05, 4.69) is 52.3 Å². The third-order valence-electron chi connectivity index (χ3n) is 4.59. The molecule has 25 heavy (non-hydrogen) atoms. The van der Waals surface area contributed by atoms with Crippen LogP contribution in [0.25, 0.3) is 27.5 Å². The molecular formula is C21H21N2O2+. The number of methoxy groups -OCH3 is 1. The van der Waals surface area contributed by atoms with Gasteiger partial charge in [-0.25, -0.2) is 0 Å². The van der Waals surface area contributed by atoms with Crippen molar-refractivity contribution >= 4 is 21.8 Å². The Balaban J connectivity index is 1.78. The minimum atomic E-state index is 0.286. The molecule has 0 saturated heterocycles. The lowest BCUT2D eigenvalue weighted by molar-refractivity contribution is -0.594. The van der Waals surface area contributed by atoms with E-state index < -0.39 is 0 Å². The van der Waals surface area contributed by atoms with Crippen LogP contribution >= 0.6 is 0 Å². The van der Waals surface area contributed by atoms with Gasteiger partial charge < -0.3 is 14.8 Å². The minimum Gasteiger partial charge on any atom is -0.508 e. The first-order valence-corrected chi connectivity index (χ1v) is 8.49. The number of aryl methyl sites for hydroxylation is 1. The number of benzene rings is 2. The maximum absolute atomic E-state index is 9.75. The Morgan fingerprint density at radius 3 is 2.80 bits per heavy atom. The maximum atomic E-state index is 9.75. The van der Waals surface area contributed by atoms with Crippen molar-refractivity contribution in [1.29, 1.82) is 0 Å². The van der Waals surface area contributed by atoms with Gasteiger partial charge in [-0.1, -0.05) is 18.2 Å². The van der Waals surface area contributed by atoms with Crippen LogP contribution in [0.2, 0.25) is 0 Å². The molecule has 126 valence electrons. The van der Waals surface area contributed by atoms with E-state index in [-0.39, 0.29) is 5.75 Å². The summed E-state index contributed by atoms with van der Waals surface area (Å²) in [6.45, 7) is 0.767. The van der Waals surface area contributed by atoms with E-state index >= 15 is 0 Å². The van der Waals surface area contributed by atoms with E-state index in [4.69, 9.17) is 4.74 Å². The normalized spacial score (nSPS) is 11.4. The molecule has 4 nitrogen and oxygen atoms in total. The number of hydrogen-bond donors (Lipinski definition) is 2. The molecule has 2 aromatic carbocycles. The first-order valence-electron chi connectivity index (χ1n) is 8.49. The highest BCUT2D eigenvalue weighted by molar-refractivity contribution is 6.07. The highest BCUT2D eigenvalue weighted by Crippen LogP contribution is 2.27. The summed E-state index contributed by atoms with van der Waals surface area (Å²) in [6, 6.07) is 16.0. The Hall–Kier alpha value is -2.85. The highest BCUT2D eigenvalue weighted by atomic mass is 16.5. The fraction of sp³-hybridized carbons (Fsp3) is 0.190. The second kappa shape index (κ2) is 6.57. The summed E-state index contributed by atoms with van der Waals surface area (Å²) in [5.74, 6) is 0.286. The van der Waals surface area contributed by atoms with Crippen molar-refractivity contribution in [1.82, 2.24) is 4.98 Å². The number of H-pyrrole nitrogens is 1. The molecule has 0 spiro atoms. The molecule has 2 heterocycles. The number of phenols is 1. The zero-order chi connectivity index (χ0) is 17.2. The van der Waals surface area contributed by atoms with Crippen molar-refractivity contribution in [2.45, 2.75) is 12.8 Å².